The van der Waals surface area contributed by atoms with Crippen molar-refractivity contribution < 1.29 is 18.7 Å². The Hall–Kier alpha value is -2.30. The Morgan fingerprint density at radius 2 is 2.24 bits per heavy atom. The number of carbonyl (C=O) groups excluding carboxylic acids is 2. The van der Waals surface area contributed by atoms with Crippen LogP contribution >= 0.6 is 0 Å². The van der Waals surface area contributed by atoms with Crippen molar-refractivity contribution in [1.82, 2.24) is 5.32 Å². The average molecular weight is 287 g/mol. The van der Waals surface area contributed by atoms with Crippen LogP contribution in [0.5, 0.6) is 0 Å². The topological polar surface area (TPSA) is 68.5 Å². The number of carbonyl (C=O) groups is 2. The molecular weight excluding hydrogens is 270 g/mol. The lowest BCUT2D eigenvalue weighted by atomic mass is 10.1. The standard InChI is InChI=1S/C16H17NO4/c1-3-10-4-5-14-11(7-10)12(8-20-14)15(18)17-13-6-9(2)21-16(13)19/h4-5,7-9,13H,3,6H2,1-2H3,(H,17,18)/t9-,13+/m0/s1. The highest BCUT2D eigenvalue weighted by atomic mass is 16.6. The van der Waals surface area contributed by atoms with Gasteiger partial charge >= 0.3 is 5.97 Å². The number of fused-ring (bicyclic) bond motifs is 1. The third-order valence-electron chi connectivity index (χ3n) is 3.77. The van der Waals surface area contributed by atoms with Crippen molar-refractivity contribution in [2.45, 2.75) is 38.8 Å². The van der Waals surface area contributed by atoms with Gasteiger partial charge in [0.25, 0.3) is 5.91 Å². The molecule has 2 atom stereocenters. The Kier molecular flexibility index (Phi) is 3.41. The summed E-state index contributed by atoms with van der Waals surface area (Å²) in [6, 6.07) is 5.20. The first-order valence-corrected chi connectivity index (χ1v) is 7.10. The molecule has 0 saturated carbocycles. The lowest BCUT2D eigenvalue weighted by Gasteiger charge is -2.07. The van der Waals surface area contributed by atoms with Gasteiger partial charge in [0.1, 0.15) is 24.0 Å². The number of rotatable bonds is 3. The van der Waals surface area contributed by atoms with Crippen molar-refractivity contribution in [2.24, 2.45) is 0 Å². The predicted molar refractivity (Wildman–Crippen MR) is 77.0 cm³/mol. The van der Waals surface area contributed by atoms with Gasteiger partial charge in [0.15, 0.2) is 0 Å². The van der Waals surface area contributed by atoms with E-state index in [9.17, 15) is 9.59 Å². The highest BCUT2D eigenvalue weighted by Crippen LogP contribution is 2.23. The van der Waals surface area contributed by atoms with Crippen molar-refractivity contribution in [2.75, 3.05) is 0 Å². The number of hydrogen-bond donors (Lipinski definition) is 1. The maximum absolute atomic E-state index is 12.3. The second kappa shape index (κ2) is 5.24. The largest absolute Gasteiger partial charge is 0.463 e. The van der Waals surface area contributed by atoms with E-state index in [1.54, 1.807) is 0 Å². The van der Waals surface area contributed by atoms with Gasteiger partial charge < -0.3 is 14.5 Å². The summed E-state index contributed by atoms with van der Waals surface area (Å²) in [7, 11) is 0. The summed E-state index contributed by atoms with van der Waals surface area (Å²) in [5.74, 6) is -0.684. The maximum Gasteiger partial charge on any atom is 0.329 e. The Morgan fingerprint density at radius 1 is 1.43 bits per heavy atom. The molecule has 0 aliphatic carbocycles. The van der Waals surface area contributed by atoms with Crippen LogP contribution in [0.4, 0.5) is 0 Å². The molecule has 1 aromatic heterocycles. The molecule has 3 rings (SSSR count). The molecule has 5 heteroatoms. The predicted octanol–water partition coefficient (Wildman–Crippen LogP) is 2.43. The van der Waals surface area contributed by atoms with E-state index in [0.717, 1.165) is 17.4 Å². The van der Waals surface area contributed by atoms with E-state index in [0.29, 0.717) is 17.6 Å². The summed E-state index contributed by atoms with van der Waals surface area (Å²) in [6.45, 7) is 3.86. The molecule has 1 N–H and O–H groups in total. The zero-order chi connectivity index (χ0) is 15.0. The van der Waals surface area contributed by atoms with Crippen LogP contribution in [0.2, 0.25) is 0 Å². The third kappa shape index (κ3) is 2.51. The molecule has 1 saturated heterocycles. The van der Waals surface area contributed by atoms with E-state index in [1.807, 2.05) is 25.1 Å². The minimum Gasteiger partial charge on any atom is -0.463 e. The van der Waals surface area contributed by atoms with Crippen molar-refractivity contribution in [3.63, 3.8) is 0 Å². The van der Waals surface area contributed by atoms with Crippen LogP contribution in [-0.2, 0) is 16.0 Å². The van der Waals surface area contributed by atoms with E-state index in [1.165, 1.54) is 6.26 Å². The van der Waals surface area contributed by atoms with Crippen LogP contribution in [0.1, 0.15) is 36.2 Å². The average Bonchev–Trinajstić information content (AvgIpc) is 3.01. The second-order valence-corrected chi connectivity index (χ2v) is 5.34. The summed E-state index contributed by atoms with van der Waals surface area (Å²) in [4.78, 5) is 23.9. The fraction of sp³-hybridized carbons (Fsp3) is 0.375. The fourth-order valence-electron chi connectivity index (χ4n) is 2.58. The maximum atomic E-state index is 12.3. The number of cyclic esters (lactones) is 1. The van der Waals surface area contributed by atoms with Gasteiger partial charge in [-0.3, -0.25) is 4.79 Å². The molecule has 1 aliphatic heterocycles. The van der Waals surface area contributed by atoms with Crippen LogP contribution in [0.25, 0.3) is 11.0 Å². The number of esters is 1. The van der Waals surface area contributed by atoms with Gasteiger partial charge in [0, 0.05) is 11.8 Å². The Morgan fingerprint density at radius 3 is 2.90 bits per heavy atom. The summed E-state index contributed by atoms with van der Waals surface area (Å²) in [5.41, 5.74) is 2.25. The van der Waals surface area contributed by atoms with Gasteiger partial charge in [-0.25, -0.2) is 4.79 Å². The molecule has 0 spiro atoms. The first-order valence-electron chi connectivity index (χ1n) is 7.10. The SMILES string of the molecule is CCc1ccc2occ(C(=O)N[C@@H]3C[C@H](C)OC3=O)c2c1. The Bertz CT molecular complexity index is 703. The van der Waals surface area contributed by atoms with Gasteiger partial charge in [-0.15, -0.1) is 0 Å². The van der Waals surface area contributed by atoms with E-state index in [2.05, 4.69) is 12.2 Å². The number of amides is 1. The van der Waals surface area contributed by atoms with Crippen LogP contribution in [0.3, 0.4) is 0 Å². The highest BCUT2D eigenvalue weighted by Gasteiger charge is 2.33. The van der Waals surface area contributed by atoms with Crippen LogP contribution in [0, 0.1) is 0 Å². The molecule has 5 nitrogen and oxygen atoms in total. The Balaban J connectivity index is 1.86. The zero-order valence-electron chi connectivity index (χ0n) is 12.0. The van der Waals surface area contributed by atoms with Crippen LogP contribution in [-0.4, -0.2) is 24.0 Å². The molecular formula is C16H17NO4. The van der Waals surface area contributed by atoms with Gasteiger partial charge in [-0.2, -0.15) is 0 Å². The minimum atomic E-state index is -0.577. The quantitative estimate of drug-likeness (QED) is 0.880. The molecule has 1 aromatic carbocycles. The highest BCUT2D eigenvalue weighted by molar-refractivity contribution is 6.07. The van der Waals surface area contributed by atoms with Gasteiger partial charge in [-0.1, -0.05) is 13.0 Å². The summed E-state index contributed by atoms with van der Waals surface area (Å²) < 4.78 is 10.4. The molecule has 2 heterocycles. The smallest absolute Gasteiger partial charge is 0.329 e. The summed E-state index contributed by atoms with van der Waals surface area (Å²) >= 11 is 0. The van der Waals surface area contributed by atoms with Crippen LogP contribution in [0.15, 0.2) is 28.9 Å². The van der Waals surface area contributed by atoms with Crippen molar-refractivity contribution in [1.29, 1.82) is 0 Å². The second-order valence-electron chi connectivity index (χ2n) is 5.34. The first kappa shape index (κ1) is 13.7. The molecule has 1 fully saturated rings. The lowest BCUT2D eigenvalue weighted by molar-refractivity contribution is -0.142. The molecule has 1 amide bonds. The molecule has 2 aromatic rings. The zero-order valence-corrected chi connectivity index (χ0v) is 12.0. The van der Waals surface area contributed by atoms with E-state index in [4.69, 9.17) is 9.15 Å². The summed E-state index contributed by atoms with van der Waals surface area (Å²) in [6.07, 6.45) is 2.66. The van der Waals surface area contributed by atoms with E-state index >= 15 is 0 Å². The number of hydrogen-bond acceptors (Lipinski definition) is 4. The van der Waals surface area contributed by atoms with E-state index in [-0.39, 0.29) is 18.0 Å². The molecule has 110 valence electrons. The van der Waals surface area contributed by atoms with Gasteiger partial charge in [0.05, 0.1) is 5.56 Å². The minimum absolute atomic E-state index is 0.157. The Labute approximate surface area is 122 Å². The summed E-state index contributed by atoms with van der Waals surface area (Å²) in [5, 5.41) is 3.49. The van der Waals surface area contributed by atoms with Gasteiger partial charge in [-0.05, 0) is 31.0 Å². The van der Waals surface area contributed by atoms with Crippen molar-refractivity contribution in [3.05, 3.63) is 35.6 Å². The van der Waals surface area contributed by atoms with Crippen molar-refractivity contribution in [3.8, 4) is 0 Å². The molecule has 0 bridgehead atoms. The van der Waals surface area contributed by atoms with Crippen LogP contribution < -0.4 is 5.32 Å². The first-order chi connectivity index (χ1) is 10.1. The number of aryl methyl sites for hydroxylation is 1. The molecule has 1 aliphatic rings. The molecule has 0 unspecified atom stereocenters. The number of furan rings is 1. The van der Waals surface area contributed by atoms with E-state index < -0.39 is 6.04 Å². The normalized spacial score (nSPS) is 21.5. The molecule has 21 heavy (non-hydrogen) atoms. The number of benzene rings is 1. The van der Waals surface area contributed by atoms with Gasteiger partial charge in [0.2, 0.25) is 0 Å². The number of nitrogens with one attached hydrogen (secondary N) is 1. The third-order valence-corrected chi connectivity index (χ3v) is 3.77. The monoisotopic (exact) mass is 287 g/mol. The fourth-order valence-corrected chi connectivity index (χ4v) is 2.58. The lowest BCUT2D eigenvalue weighted by Crippen LogP contribution is -2.37. The number of ether oxygens (including phenoxy) is 1. The van der Waals surface area contributed by atoms with Crippen molar-refractivity contribution >= 4 is 22.8 Å². The molecule has 0 radical (unpaired) electrons.